The van der Waals surface area contributed by atoms with Gasteiger partial charge in [-0.15, -0.1) is 0 Å². The summed E-state index contributed by atoms with van der Waals surface area (Å²) >= 11 is 0. The number of nitrogens with zero attached hydrogens (tertiary/aromatic N) is 1. The van der Waals surface area contributed by atoms with E-state index in [1.165, 1.54) is 5.56 Å². The number of aliphatic hydroxyl groups excluding tert-OH is 1. The molecular weight excluding hydrogens is 202 g/mol. The fraction of sp³-hybridized carbons (Fsp3) is 0.538. The summed E-state index contributed by atoms with van der Waals surface area (Å²) in [5.74, 6) is 0. The van der Waals surface area contributed by atoms with Gasteiger partial charge in [-0.05, 0) is 26.5 Å². The van der Waals surface area contributed by atoms with Gasteiger partial charge in [-0.2, -0.15) is 0 Å². The van der Waals surface area contributed by atoms with Gasteiger partial charge in [0.15, 0.2) is 0 Å². The topological polar surface area (TPSA) is 32.7 Å². The minimum Gasteiger partial charge on any atom is -0.394 e. The van der Waals surface area contributed by atoms with Crippen LogP contribution in [-0.2, 0) is 4.74 Å². The monoisotopic (exact) mass is 221 g/mol. The van der Waals surface area contributed by atoms with E-state index in [0.29, 0.717) is 0 Å². The summed E-state index contributed by atoms with van der Waals surface area (Å²) in [5.41, 5.74) is 0.864. The average molecular weight is 221 g/mol. The number of likely N-dealkylation sites (N-methyl/N-ethyl adjacent to an activating group) is 1. The highest BCUT2D eigenvalue weighted by Crippen LogP contribution is 2.39. The van der Waals surface area contributed by atoms with Crippen molar-refractivity contribution in [1.29, 1.82) is 0 Å². The third-order valence-corrected chi connectivity index (χ3v) is 3.38. The zero-order chi connectivity index (χ0) is 11.8. The maximum absolute atomic E-state index is 9.40. The molecule has 0 unspecified atom stereocenters. The molecule has 3 heteroatoms. The van der Waals surface area contributed by atoms with Crippen LogP contribution in [0.1, 0.15) is 25.5 Å². The molecule has 1 aromatic carbocycles. The van der Waals surface area contributed by atoms with E-state index < -0.39 is 0 Å². The smallest absolute Gasteiger partial charge is 0.116 e. The molecule has 2 rings (SSSR count). The fourth-order valence-corrected chi connectivity index (χ4v) is 2.33. The molecule has 0 amide bonds. The molecule has 1 fully saturated rings. The van der Waals surface area contributed by atoms with E-state index in [1.807, 2.05) is 39.1 Å². The fourth-order valence-electron chi connectivity index (χ4n) is 2.33. The quantitative estimate of drug-likeness (QED) is 0.826. The molecule has 0 spiro atoms. The maximum Gasteiger partial charge on any atom is 0.116 e. The summed E-state index contributed by atoms with van der Waals surface area (Å²) in [6.07, 6.45) is -0.151. The molecule has 1 N–H and O–H groups in total. The van der Waals surface area contributed by atoms with Gasteiger partial charge in [0, 0.05) is 0 Å². The van der Waals surface area contributed by atoms with Gasteiger partial charge in [0.05, 0.1) is 12.6 Å². The average Bonchev–Trinajstić information content (AvgIpc) is 2.51. The number of hydrogen-bond donors (Lipinski definition) is 1. The Bertz CT molecular complexity index is 350. The van der Waals surface area contributed by atoms with Crippen LogP contribution in [-0.4, -0.2) is 35.5 Å². The Morgan fingerprint density at radius 3 is 2.50 bits per heavy atom. The molecule has 0 aliphatic carbocycles. The van der Waals surface area contributed by atoms with E-state index in [9.17, 15) is 5.11 Å². The van der Waals surface area contributed by atoms with Gasteiger partial charge in [-0.3, -0.25) is 4.90 Å². The van der Waals surface area contributed by atoms with Crippen molar-refractivity contribution in [3.63, 3.8) is 0 Å². The highest BCUT2D eigenvalue weighted by atomic mass is 16.5. The van der Waals surface area contributed by atoms with Gasteiger partial charge in [-0.1, -0.05) is 30.3 Å². The number of ether oxygens (including phenoxy) is 1. The normalized spacial score (nSPS) is 29.5. The lowest BCUT2D eigenvalue weighted by Crippen LogP contribution is -2.37. The summed E-state index contributed by atoms with van der Waals surface area (Å²) < 4.78 is 5.85. The molecule has 0 radical (unpaired) electrons. The van der Waals surface area contributed by atoms with E-state index in [1.54, 1.807) is 0 Å². The maximum atomic E-state index is 9.40. The number of aliphatic hydroxyl groups is 1. The van der Waals surface area contributed by atoms with Crippen LogP contribution in [0.2, 0.25) is 0 Å². The summed E-state index contributed by atoms with van der Waals surface area (Å²) in [7, 11) is 2.04. The third kappa shape index (κ3) is 1.86. The van der Waals surface area contributed by atoms with Gasteiger partial charge in [0.1, 0.15) is 11.8 Å². The van der Waals surface area contributed by atoms with Crippen LogP contribution in [0.25, 0.3) is 0 Å². The number of benzene rings is 1. The summed E-state index contributed by atoms with van der Waals surface area (Å²) in [6, 6.07) is 10.3. The second-order valence-corrected chi connectivity index (χ2v) is 4.75. The van der Waals surface area contributed by atoms with E-state index in [0.717, 1.165) is 0 Å². The lowest BCUT2D eigenvalue weighted by molar-refractivity contribution is -0.0782. The SMILES string of the molecule is CN1[C@H](c2ccccc2)[C@H](CO)OC1(C)C. The zero-order valence-electron chi connectivity index (χ0n) is 10.1. The lowest BCUT2D eigenvalue weighted by atomic mass is 10.0. The van der Waals surface area contributed by atoms with E-state index in [2.05, 4.69) is 17.0 Å². The van der Waals surface area contributed by atoms with Crippen molar-refractivity contribution < 1.29 is 9.84 Å². The first-order valence-corrected chi connectivity index (χ1v) is 5.63. The molecule has 16 heavy (non-hydrogen) atoms. The Morgan fingerprint density at radius 2 is 1.94 bits per heavy atom. The van der Waals surface area contributed by atoms with E-state index >= 15 is 0 Å². The second-order valence-electron chi connectivity index (χ2n) is 4.75. The minimum atomic E-state index is -0.325. The van der Waals surface area contributed by atoms with Gasteiger partial charge in [-0.25, -0.2) is 0 Å². The minimum absolute atomic E-state index is 0.0489. The molecule has 88 valence electrons. The largest absolute Gasteiger partial charge is 0.394 e. The molecule has 1 aliphatic rings. The van der Waals surface area contributed by atoms with Crippen LogP contribution in [0.3, 0.4) is 0 Å². The van der Waals surface area contributed by atoms with Crippen LogP contribution >= 0.6 is 0 Å². The molecule has 1 saturated heterocycles. The predicted molar refractivity (Wildman–Crippen MR) is 63.0 cm³/mol. The summed E-state index contributed by atoms with van der Waals surface area (Å²) in [4.78, 5) is 2.17. The van der Waals surface area contributed by atoms with Crippen LogP contribution in [0.4, 0.5) is 0 Å². The van der Waals surface area contributed by atoms with Gasteiger partial charge >= 0.3 is 0 Å². The van der Waals surface area contributed by atoms with Gasteiger partial charge in [0.2, 0.25) is 0 Å². The molecule has 1 heterocycles. The molecule has 0 saturated carbocycles. The van der Waals surface area contributed by atoms with Crippen molar-refractivity contribution in [2.24, 2.45) is 0 Å². The van der Waals surface area contributed by atoms with Crippen LogP contribution in [0.15, 0.2) is 30.3 Å². The van der Waals surface area contributed by atoms with Crippen molar-refractivity contribution in [1.82, 2.24) is 4.90 Å². The highest BCUT2D eigenvalue weighted by molar-refractivity contribution is 5.22. The van der Waals surface area contributed by atoms with Gasteiger partial charge < -0.3 is 9.84 Å². The molecule has 3 nitrogen and oxygen atoms in total. The third-order valence-electron chi connectivity index (χ3n) is 3.38. The molecule has 1 aliphatic heterocycles. The Balaban J connectivity index is 2.32. The first-order chi connectivity index (χ1) is 7.56. The summed E-state index contributed by atoms with van der Waals surface area (Å²) in [5, 5.41) is 9.40. The Morgan fingerprint density at radius 1 is 1.31 bits per heavy atom. The Labute approximate surface area is 96.6 Å². The second kappa shape index (κ2) is 4.17. The standard InChI is InChI=1S/C13H19NO2/c1-13(2)14(3)12(11(9-15)16-13)10-7-5-4-6-8-10/h4-8,11-12,15H,9H2,1-3H3/t11-,12+/m0/s1. The Hall–Kier alpha value is -0.900. The molecule has 0 bridgehead atoms. The molecule has 1 aromatic rings. The van der Waals surface area contributed by atoms with Gasteiger partial charge in [0.25, 0.3) is 0 Å². The van der Waals surface area contributed by atoms with E-state index in [4.69, 9.17) is 4.74 Å². The number of rotatable bonds is 2. The van der Waals surface area contributed by atoms with Crippen molar-refractivity contribution in [3.8, 4) is 0 Å². The van der Waals surface area contributed by atoms with Crippen molar-refractivity contribution in [2.75, 3.05) is 13.7 Å². The predicted octanol–water partition coefficient (Wildman–Crippen LogP) is 1.79. The summed E-state index contributed by atoms with van der Waals surface area (Å²) in [6.45, 7) is 4.10. The zero-order valence-corrected chi connectivity index (χ0v) is 10.1. The van der Waals surface area contributed by atoms with E-state index in [-0.39, 0.29) is 24.5 Å². The van der Waals surface area contributed by atoms with Crippen LogP contribution in [0, 0.1) is 0 Å². The van der Waals surface area contributed by atoms with Crippen LogP contribution < -0.4 is 0 Å². The lowest BCUT2D eigenvalue weighted by Gasteiger charge is -2.29. The molecular formula is C13H19NO2. The first-order valence-electron chi connectivity index (χ1n) is 5.63. The Kier molecular flexibility index (Phi) is 3.02. The highest BCUT2D eigenvalue weighted by Gasteiger charge is 2.45. The first kappa shape index (κ1) is 11.6. The molecule has 0 aromatic heterocycles. The van der Waals surface area contributed by atoms with Crippen LogP contribution in [0.5, 0.6) is 0 Å². The molecule has 2 atom stereocenters. The van der Waals surface area contributed by atoms with Crippen molar-refractivity contribution >= 4 is 0 Å². The van der Waals surface area contributed by atoms with Crippen molar-refractivity contribution in [2.45, 2.75) is 31.7 Å². The number of hydrogen-bond acceptors (Lipinski definition) is 3. The van der Waals surface area contributed by atoms with Crippen molar-refractivity contribution in [3.05, 3.63) is 35.9 Å².